The maximum absolute atomic E-state index is 11.8. The van der Waals surface area contributed by atoms with Crippen molar-refractivity contribution in [2.45, 2.75) is 11.5 Å². The molecule has 1 heterocycles. The van der Waals surface area contributed by atoms with Crippen LogP contribution in [0, 0.1) is 0 Å². The van der Waals surface area contributed by atoms with Crippen LogP contribution in [-0.2, 0) is 16.7 Å². The Morgan fingerprint density at radius 2 is 1.62 bits per heavy atom. The number of pyridine rings is 1. The number of anilines is 1. The van der Waals surface area contributed by atoms with Gasteiger partial charge in [-0.1, -0.05) is 24.3 Å². The average molecular weight is 458 g/mol. The number of fused-ring (bicyclic) bond motifs is 1. The first kappa shape index (κ1) is 23.8. The first-order chi connectivity index (χ1) is 14.9. The molecule has 0 aliphatic heterocycles. The molecule has 0 aliphatic carbocycles. The summed E-state index contributed by atoms with van der Waals surface area (Å²) in [6, 6.07) is 18.5. The SMILES string of the molecule is Nc1c(N=Nc2ccc(OCc3ccncc3)cc2)cc(S(=O)(=O)O)c2ccccc12.[H-].[Na+]. The van der Waals surface area contributed by atoms with Gasteiger partial charge in [-0.3, -0.25) is 9.54 Å². The molecule has 158 valence electrons. The van der Waals surface area contributed by atoms with Crippen LogP contribution >= 0.6 is 0 Å². The predicted molar refractivity (Wildman–Crippen MR) is 118 cm³/mol. The van der Waals surface area contributed by atoms with Crippen molar-refractivity contribution in [1.29, 1.82) is 0 Å². The van der Waals surface area contributed by atoms with Gasteiger partial charge in [0, 0.05) is 23.2 Å². The minimum atomic E-state index is -4.46. The van der Waals surface area contributed by atoms with E-state index in [9.17, 15) is 13.0 Å². The van der Waals surface area contributed by atoms with Gasteiger partial charge in [-0.05, 0) is 48.0 Å². The molecule has 0 atom stereocenters. The van der Waals surface area contributed by atoms with Crippen LogP contribution in [0.3, 0.4) is 0 Å². The van der Waals surface area contributed by atoms with Crippen molar-refractivity contribution in [3.63, 3.8) is 0 Å². The molecule has 0 bridgehead atoms. The first-order valence-electron chi connectivity index (χ1n) is 9.24. The molecule has 0 unspecified atom stereocenters. The molecule has 0 amide bonds. The number of hydrogen-bond donors (Lipinski definition) is 2. The second-order valence-corrected chi connectivity index (χ2v) is 8.06. The van der Waals surface area contributed by atoms with Crippen molar-refractivity contribution in [3.05, 3.63) is 84.7 Å². The molecule has 3 aromatic carbocycles. The summed E-state index contributed by atoms with van der Waals surface area (Å²) in [6.45, 7) is 0.412. The molecule has 8 nitrogen and oxygen atoms in total. The maximum Gasteiger partial charge on any atom is 1.00 e. The van der Waals surface area contributed by atoms with Gasteiger partial charge in [-0.25, -0.2) is 0 Å². The van der Waals surface area contributed by atoms with Gasteiger partial charge in [0.1, 0.15) is 22.9 Å². The third-order valence-electron chi connectivity index (χ3n) is 4.57. The van der Waals surface area contributed by atoms with Crippen molar-refractivity contribution in [2.75, 3.05) is 5.73 Å². The monoisotopic (exact) mass is 458 g/mol. The Morgan fingerprint density at radius 1 is 0.969 bits per heavy atom. The second kappa shape index (κ2) is 10.2. The Balaban J connectivity index is 0.00000193. The summed E-state index contributed by atoms with van der Waals surface area (Å²) in [5.41, 5.74) is 8.10. The molecule has 32 heavy (non-hydrogen) atoms. The van der Waals surface area contributed by atoms with Gasteiger partial charge in [0.2, 0.25) is 0 Å². The van der Waals surface area contributed by atoms with E-state index in [0.29, 0.717) is 28.8 Å². The zero-order valence-corrected chi connectivity index (χ0v) is 20.0. The molecular weight excluding hydrogens is 439 g/mol. The molecular formula is C22H19N4NaO4S. The molecule has 0 saturated heterocycles. The van der Waals surface area contributed by atoms with Crippen LogP contribution in [0.15, 0.2) is 94.2 Å². The van der Waals surface area contributed by atoms with Crippen LogP contribution in [0.1, 0.15) is 6.99 Å². The van der Waals surface area contributed by atoms with Crippen molar-refractivity contribution < 1.29 is 48.7 Å². The second-order valence-electron chi connectivity index (χ2n) is 6.67. The fourth-order valence-corrected chi connectivity index (χ4v) is 3.73. The van der Waals surface area contributed by atoms with E-state index in [1.54, 1.807) is 60.9 Å². The van der Waals surface area contributed by atoms with E-state index in [-0.39, 0.29) is 47.3 Å². The predicted octanol–water partition coefficient (Wildman–Crippen LogP) is 2.17. The van der Waals surface area contributed by atoms with E-state index in [2.05, 4.69) is 15.2 Å². The Kier molecular flexibility index (Phi) is 7.60. The summed E-state index contributed by atoms with van der Waals surface area (Å²) in [7, 11) is -4.46. The van der Waals surface area contributed by atoms with Crippen molar-refractivity contribution in [1.82, 2.24) is 4.98 Å². The first-order valence-corrected chi connectivity index (χ1v) is 10.7. The van der Waals surface area contributed by atoms with E-state index in [4.69, 9.17) is 10.5 Å². The molecule has 0 spiro atoms. The normalized spacial score (nSPS) is 11.4. The Hall–Kier alpha value is -2.82. The van der Waals surface area contributed by atoms with Crippen LogP contribution < -0.4 is 40.0 Å². The molecule has 10 heteroatoms. The summed E-state index contributed by atoms with van der Waals surface area (Å²) in [5.74, 6) is 0.662. The Morgan fingerprint density at radius 3 is 2.28 bits per heavy atom. The Bertz CT molecular complexity index is 1370. The third kappa shape index (κ3) is 5.50. The topological polar surface area (TPSA) is 127 Å². The van der Waals surface area contributed by atoms with Gasteiger partial charge < -0.3 is 11.9 Å². The number of aromatic nitrogens is 1. The van der Waals surface area contributed by atoms with Crippen molar-refractivity contribution >= 4 is 38.0 Å². The average Bonchev–Trinajstić information content (AvgIpc) is 2.78. The van der Waals surface area contributed by atoms with E-state index >= 15 is 0 Å². The van der Waals surface area contributed by atoms with E-state index < -0.39 is 10.1 Å². The van der Waals surface area contributed by atoms with Gasteiger partial charge in [-0.15, -0.1) is 5.11 Å². The van der Waals surface area contributed by atoms with E-state index in [1.165, 1.54) is 6.07 Å². The molecule has 4 rings (SSSR count). The minimum absolute atomic E-state index is 0. The fourth-order valence-electron chi connectivity index (χ4n) is 3.01. The van der Waals surface area contributed by atoms with Gasteiger partial charge >= 0.3 is 29.6 Å². The zero-order valence-electron chi connectivity index (χ0n) is 18.2. The summed E-state index contributed by atoms with van der Waals surface area (Å²) >= 11 is 0. The van der Waals surface area contributed by atoms with Gasteiger partial charge in [0.15, 0.2) is 0 Å². The summed E-state index contributed by atoms with van der Waals surface area (Å²) in [6.07, 6.45) is 3.40. The number of nitrogen functional groups attached to an aromatic ring is 1. The quantitative estimate of drug-likeness (QED) is 0.197. The number of azo groups is 1. The number of ether oxygens (including phenoxy) is 1. The van der Waals surface area contributed by atoms with Crippen LogP contribution in [0.25, 0.3) is 10.8 Å². The Labute approximate surface area is 208 Å². The summed E-state index contributed by atoms with van der Waals surface area (Å²) < 4.78 is 38.9. The largest absolute Gasteiger partial charge is 1.00 e. The number of benzene rings is 3. The fraction of sp³-hybridized carbons (Fsp3) is 0.0455. The molecule has 0 aliphatic rings. The van der Waals surface area contributed by atoms with Gasteiger partial charge in [0.25, 0.3) is 10.1 Å². The van der Waals surface area contributed by atoms with Crippen LogP contribution in [0.4, 0.5) is 17.1 Å². The number of nitrogens with zero attached hydrogens (tertiary/aromatic N) is 3. The van der Waals surface area contributed by atoms with Crippen LogP contribution in [-0.4, -0.2) is 18.0 Å². The number of hydrogen-bond acceptors (Lipinski definition) is 7. The van der Waals surface area contributed by atoms with Crippen molar-refractivity contribution in [2.24, 2.45) is 10.2 Å². The minimum Gasteiger partial charge on any atom is -1.00 e. The standard InChI is InChI=1S/C22H18N4O4S.Na.H/c23-22-19-4-2-1-3-18(19)21(31(27,28)29)13-20(22)26-25-16-5-7-17(8-6-16)30-14-15-9-11-24-12-10-15;;/h1-13H,14,23H2,(H,27,28,29);;/q;+1;-1. The summed E-state index contributed by atoms with van der Waals surface area (Å²) in [5, 5.41) is 9.01. The molecule has 0 radical (unpaired) electrons. The summed E-state index contributed by atoms with van der Waals surface area (Å²) in [4.78, 5) is 3.69. The zero-order chi connectivity index (χ0) is 21.8. The molecule has 0 fully saturated rings. The van der Waals surface area contributed by atoms with E-state index in [1.807, 2.05) is 12.1 Å². The molecule has 1 aromatic heterocycles. The van der Waals surface area contributed by atoms with E-state index in [0.717, 1.165) is 5.56 Å². The third-order valence-corrected chi connectivity index (χ3v) is 5.46. The molecule has 3 N–H and O–H groups in total. The van der Waals surface area contributed by atoms with Gasteiger partial charge in [-0.2, -0.15) is 13.5 Å². The maximum atomic E-state index is 11.8. The molecule has 0 saturated carbocycles. The smallest absolute Gasteiger partial charge is 1.00 e. The van der Waals surface area contributed by atoms with Crippen LogP contribution in [0.2, 0.25) is 0 Å². The van der Waals surface area contributed by atoms with Gasteiger partial charge in [0.05, 0.1) is 11.4 Å². The molecule has 4 aromatic rings. The number of nitrogens with two attached hydrogens (primary N) is 1. The van der Waals surface area contributed by atoms with Crippen molar-refractivity contribution in [3.8, 4) is 5.75 Å². The van der Waals surface area contributed by atoms with Crippen LogP contribution in [0.5, 0.6) is 5.75 Å². The number of rotatable bonds is 6.